The second kappa shape index (κ2) is 8.89. The molecule has 156 valence electrons. The molecule has 0 radical (unpaired) electrons. The van der Waals surface area contributed by atoms with Crippen LogP contribution in [0.2, 0.25) is 0 Å². The molecular formula is C24H23N5OS. The fourth-order valence-electron chi connectivity index (χ4n) is 4.40. The van der Waals surface area contributed by atoms with Gasteiger partial charge in [0, 0.05) is 5.92 Å². The number of thioether (sulfide) groups is 1. The zero-order valence-electron chi connectivity index (χ0n) is 17.0. The fourth-order valence-corrected chi connectivity index (χ4v) is 5.03. The SMILES string of the molecule is O=C(CSc1ncn[nH]1)N1N=C2/C(=C/c3ccccc3)CCCC2C1c1ccccc1. The average molecular weight is 430 g/mol. The zero-order valence-corrected chi connectivity index (χ0v) is 17.8. The number of H-pyrrole nitrogens is 1. The number of aromatic nitrogens is 3. The number of hydrazone groups is 1. The van der Waals surface area contributed by atoms with Crippen LogP contribution in [0.5, 0.6) is 0 Å². The van der Waals surface area contributed by atoms with Gasteiger partial charge < -0.3 is 0 Å². The number of amides is 1. The number of hydrogen-bond donors (Lipinski definition) is 1. The third kappa shape index (κ3) is 4.18. The van der Waals surface area contributed by atoms with E-state index in [2.05, 4.69) is 45.5 Å². The van der Waals surface area contributed by atoms with Gasteiger partial charge in [0.2, 0.25) is 0 Å². The van der Waals surface area contributed by atoms with Crippen LogP contribution in [0.4, 0.5) is 0 Å². The Bertz CT molecular complexity index is 1100. The van der Waals surface area contributed by atoms with E-state index in [9.17, 15) is 4.79 Å². The van der Waals surface area contributed by atoms with Crippen LogP contribution in [0, 0.1) is 5.92 Å². The molecule has 7 heteroatoms. The molecule has 1 amide bonds. The highest BCUT2D eigenvalue weighted by Gasteiger charge is 2.43. The molecule has 5 rings (SSSR count). The maximum Gasteiger partial charge on any atom is 0.253 e. The molecule has 31 heavy (non-hydrogen) atoms. The molecule has 0 spiro atoms. The lowest BCUT2D eigenvalue weighted by atomic mass is 9.77. The predicted octanol–water partition coefficient (Wildman–Crippen LogP) is 4.72. The standard InChI is InChI=1S/C24H23N5OS/c30-21(15-31-24-25-16-26-27-24)29-23(18-10-5-2-6-11-18)20-13-7-12-19(22(20)28-29)14-17-8-3-1-4-9-17/h1-6,8-11,14,16,20,23H,7,12-13,15H2,(H,25,26,27)/b19-14+. The van der Waals surface area contributed by atoms with E-state index >= 15 is 0 Å². The Labute approximate surface area is 185 Å². The van der Waals surface area contributed by atoms with Crippen LogP contribution in [0.15, 0.2) is 82.8 Å². The molecular weight excluding hydrogens is 406 g/mol. The Morgan fingerprint density at radius 3 is 2.65 bits per heavy atom. The van der Waals surface area contributed by atoms with Gasteiger partial charge in [-0.15, -0.1) is 0 Å². The Morgan fingerprint density at radius 1 is 1.13 bits per heavy atom. The van der Waals surface area contributed by atoms with Gasteiger partial charge >= 0.3 is 0 Å². The minimum absolute atomic E-state index is 0.0174. The number of aromatic amines is 1. The minimum Gasteiger partial charge on any atom is -0.272 e. The monoisotopic (exact) mass is 429 g/mol. The van der Waals surface area contributed by atoms with Crippen molar-refractivity contribution in [3.63, 3.8) is 0 Å². The van der Waals surface area contributed by atoms with Crippen molar-refractivity contribution in [1.82, 2.24) is 20.2 Å². The van der Waals surface area contributed by atoms with Crippen molar-refractivity contribution in [3.8, 4) is 0 Å². The van der Waals surface area contributed by atoms with Crippen molar-refractivity contribution >= 4 is 29.5 Å². The van der Waals surface area contributed by atoms with Gasteiger partial charge in [-0.3, -0.25) is 9.89 Å². The number of carbonyl (C=O) groups excluding carboxylic acids is 1. The summed E-state index contributed by atoms with van der Waals surface area (Å²) in [6, 6.07) is 20.5. The summed E-state index contributed by atoms with van der Waals surface area (Å²) in [6.07, 6.45) is 6.79. The summed E-state index contributed by atoms with van der Waals surface area (Å²) in [5.41, 5.74) is 4.59. The molecule has 1 aliphatic carbocycles. The first kappa shape index (κ1) is 19.8. The molecule has 0 bridgehead atoms. The molecule has 2 heterocycles. The van der Waals surface area contributed by atoms with Crippen molar-refractivity contribution in [2.24, 2.45) is 11.0 Å². The minimum atomic E-state index is -0.0708. The lowest BCUT2D eigenvalue weighted by Gasteiger charge is -2.29. The average Bonchev–Trinajstić information content (AvgIpc) is 3.47. The van der Waals surface area contributed by atoms with Gasteiger partial charge in [0.15, 0.2) is 5.16 Å². The maximum atomic E-state index is 13.2. The number of fused-ring (bicyclic) bond motifs is 1. The molecule has 1 aliphatic heterocycles. The Hall–Kier alpha value is -3.19. The summed E-state index contributed by atoms with van der Waals surface area (Å²) in [4.78, 5) is 17.4. The van der Waals surface area contributed by atoms with E-state index in [0.29, 0.717) is 5.16 Å². The van der Waals surface area contributed by atoms with E-state index in [1.54, 1.807) is 5.01 Å². The summed E-state index contributed by atoms with van der Waals surface area (Å²) in [5.74, 6) is 0.460. The highest BCUT2D eigenvalue weighted by Crippen LogP contribution is 2.44. The Morgan fingerprint density at radius 2 is 1.90 bits per heavy atom. The summed E-state index contributed by atoms with van der Waals surface area (Å²) >= 11 is 1.35. The van der Waals surface area contributed by atoms with Crippen LogP contribution in [-0.4, -0.2) is 37.6 Å². The largest absolute Gasteiger partial charge is 0.272 e. The fraction of sp³-hybridized carbons (Fsp3) is 0.250. The summed E-state index contributed by atoms with van der Waals surface area (Å²) in [6.45, 7) is 0. The number of benzene rings is 2. The second-order valence-electron chi connectivity index (χ2n) is 7.74. The van der Waals surface area contributed by atoms with Gasteiger partial charge in [-0.1, -0.05) is 72.4 Å². The highest BCUT2D eigenvalue weighted by molar-refractivity contribution is 7.99. The van der Waals surface area contributed by atoms with Crippen LogP contribution in [0.3, 0.4) is 0 Å². The first-order valence-electron chi connectivity index (χ1n) is 10.5. The molecule has 3 aromatic rings. The molecule has 2 atom stereocenters. The molecule has 2 unspecified atom stereocenters. The zero-order chi connectivity index (χ0) is 21.0. The molecule has 1 aromatic heterocycles. The van der Waals surface area contributed by atoms with Gasteiger partial charge in [0.1, 0.15) is 6.33 Å². The summed E-state index contributed by atoms with van der Waals surface area (Å²) < 4.78 is 0. The van der Waals surface area contributed by atoms with E-state index in [4.69, 9.17) is 5.10 Å². The van der Waals surface area contributed by atoms with E-state index in [1.165, 1.54) is 29.2 Å². The van der Waals surface area contributed by atoms with Crippen LogP contribution in [0.1, 0.15) is 36.4 Å². The number of carbonyl (C=O) groups is 1. The lowest BCUT2D eigenvalue weighted by molar-refractivity contribution is -0.130. The second-order valence-corrected chi connectivity index (χ2v) is 8.70. The van der Waals surface area contributed by atoms with E-state index < -0.39 is 0 Å². The summed E-state index contributed by atoms with van der Waals surface area (Å²) in [7, 11) is 0. The van der Waals surface area contributed by atoms with Crippen LogP contribution in [0.25, 0.3) is 6.08 Å². The van der Waals surface area contributed by atoms with Crippen LogP contribution in [-0.2, 0) is 4.79 Å². The third-order valence-corrected chi connectivity index (χ3v) is 6.63. The first-order chi connectivity index (χ1) is 15.3. The quantitative estimate of drug-likeness (QED) is 0.596. The smallest absolute Gasteiger partial charge is 0.253 e. The highest BCUT2D eigenvalue weighted by atomic mass is 32.2. The van der Waals surface area contributed by atoms with E-state index in [0.717, 1.165) is 30.5 Å². The predicted molar refractivity (Wildman–Crippen MR) is 122 cm³/mol. The number of nitrogens with zero attached hydrogens (tertiary/aromatic N) is 4. The van der Waals surface area contributed by atoms with E-state index in [-0.39, 0.29) is 23.6 Å². The normalized spacial score (nSPS) is 21.7. The molecule has 1 saturated carbocycles. The summed E-state index contributed by atoms with van der Waals surface area (Å²) in [5, 5.41) is 13.9. The van der Waals surface area contributed by atoms with Crippen LogP contribution < -0.4 is 0 Å². The van der Waals surface area contributed by atoms with Crippen molar-refractivity contribution in [2.45, 2.75) is 30.5 Å². The van der Waals surface area contributed by atoms with Gasteiger partial charge in [-0.2, -0.15) is 10.2 Å². The Kier molecular flexibility index (Phi) is 5.67. The van der Waals surface area contributed by atoms with Crippen molar-refractivity contribution in [1.29, 1.82) is 0 Å². The van der Waals surface area contributed by atoms with Crippen molar-refractivity contribution < 1.29 is 4.79 Å². The van der Waals surface area contributed by atoms with E-state index in [1.807, 2.05) is 36.4 Å². The number of rotatable bonds is 5. The number of nitrogens with one attached hydrogen (secondary N) is 1. The van der Waals surface area contributed by atoms with Crippen molar-refractivity contribution in [3.05, 3.63) is 83.7 Å². The van der Waals surface area contributed by atoms with Gasteiger partial charge in [-0.05, 0) is 42.0 Å². The number of allylic oxidation sites excluding steroid dienone is 1. The molecule has 1 N–H and O–H groups in total. The molecule has 0 saturated heterocycles. The first-order valence-corrected chi connectivity index (χ1v) is 11.5. The molecule has 2 aromatic carbocycles. The maximum absolute atomic E-state index is 13.2. The molecule has 6 nitrogen and oxygen atoms in total. The Balaban J connectivity index is 1.47. The topological polar surface area (TPSA) is 74.2 Å². The molecule has 1 fully saturated rings. The third-order valence-electron chi connectivity index (χ3n) is 5.76. The van der Waals surface area contributed by atoms with Crippen molar-refractivity contribution in [2.75, 3.05) is 5.75 Å². The van der Waals surface area contributed by atoms with Gasteiger partial charge in [0.25, 0.3) is 5.91 Å². The van der Waals surface area contributed by atoms with Gasteiger partial charge in [-0.25, -0.2) is 9.99 Å². The van der Waals surface area contributed by atoms with Gasteiger partial charge in [0.05, 0.1) is 17.5 Å². The number of hydrogen-bond acceptors (Lipinski definition) is 5. The lowest BCUT2D eigenvalue weighted by Crippen LogP contribution is -2.32. The molecule has 2 aliphatic rings. The van der Waals surface area contributed by atoms with Crippen LogP contribution >= 0.6 is 11.8 Å².